The van der Waals surface area contributed by atoms with Crippen molar-refractivity contribution in [1.82, 2.24) is 4.90 Å². The summed E-state index contributed by atoms with van der Waals surface area (Å²) < 4.78 is 0. The van der Waals surface area contributed by atoms with Gasteiger partial charge in [-0.2, -0.15) is 5.26 Å². The molecule has 0 unspecified atom stereocenters. The first-order valence-corrected chi connectivity index (χ1v) is 6.26. The molecule has 0 radical (unpaired) electrons. The number of nitrogens with zero attached hydrogens (tertiary/aromatic N) is 2. The Morgan fingerprint density at radius 3 is 2.67 bits per heavy atom. The molecule has 0 aromatic heterocycles. The van der Waals surface area contributed by atoms with Crippen molar-refractivity contribution in [2.24, 2.45) is 11.3 Å². The highest BCUT2D eigenvalue weighted by molar-refractivity contribution is 5.84. The number of carbonyl (C=O) groups is 1. The maximum absolute atomic E-state index is 12.3. The summed E-state index contributed by atoms with van der Waals surface area (Å²) in [6, 6.07) is 12.2. The first kappa shape index (κ1) is 12.6. The number of carbonyl (C=O) groups excluding carboxylic acids is 1. The Bertz CT molecular complexity index is 473. The molecule has 18 heavy (non-hydrogen) atoms. The van der Waals surface area contributed by atoms with Crippen LogP contribution in [-0.2, 0) is 11.3 Å². The fourth-order valence-electron chi connectivity index (χ4n) is 2.53. The number of amides is 1. The third-order valence-corrected chi connectivity index (χ3v) is 3.85. The van der Waals surface area contributed by atoms with Crippen LogP contribution in [0.4, 0.5) is 0 Å². The highest BCUT2D eigenvalue weighted by atomic mass is 16.2. The normalized spacial score (nSPS) is 21.9. The van der Waals surface area contributed by atoms with Crippen molar-refractivity contribution < 1.29 is 4.79 Å². The SMILES string of the molecule is CC1(C)C(=O)N(Cc2ccccc2)C[C@@H]1CC#N. The highest BCUT2D eigenvalue weighted by Crippen LogP contribution is 2.38. The number of rotatable bonds is 3. The number of nitriles is 1. The number of benzene rings is 1. The number of likely N-dealkylation sites (tertiary alicyclic amines) is 1. The number of hydrogen-bond acceptors (Lipinski definition) is 2. The van der Waals surface area contributed by atoms with E-state index in [-0.39, 0.29) is 11.8 Å². The van der Waals surface area contributed by atoms with E-state index in [0.29, 0.717) is 19.5 Å². The third-order valence-electron chi connectivity index (χ3n) is 3.85. The van der Waals surface area contributed by atoms with Gasteiger partial charge < -0.3 is 4.90 Å². The van der Waals surface area contributed by atoms with Gasteiger partial charge in [0.15, 0.2) is 0 Å². The zero-order valence-corrected chi connectivity index (χ0v) is 10.9. The maximum Gasteiger partial charge on any atom is 0.228 e. The Balaban J connectivity index is 2.13. The Labute approximate surface area is 108 Å². The van der Waals surface area contributed by atoms with Crippen molar-refractivity contribution in [1.29, 1.82) is 5.26 Å². The molecule has 0 saturated carbocycles. The predicted molar refractivity (Wildman–Crippen MR) is 69.4 cm³/mol. The maximum atomic E-state index is 12.3. The minimum Gasteiger partial charge on any atom is -0.338 e. The van der Waals surface area contributed by atoms with E-state index < -0.39 is 5.41 Å². The largest absolute Gasteiger partial charge is 0.338 e. The van der Waals surface area contributed by atoms with Gasteiger partial charge >= 0.3 is 0 Å². The molecule has 1 aliphatic heterocycles. The summed E-state index contributed by atoms with van der Waals surface area (Å²) in [6.07, 6.45) is 0.448. The summed E-state index contributed by atoms with van der Waals surface area (Å²) in [4.78, 5) is 14.2. The Hall–Kier alpha value is -1.82. The molecule has 0 aliphatic carbocycles. The van der Waals surface area contributed by atoms with Crippen LogP contribution in [0.3, 0.4) is 0 Å². The summed E-state index contributed by atoms with van der Waals surface area (Å²) in [7, 11) is 0. The Morgan fingerprint density at radius 1 is 1.39 bits per heavy atom. The van der Waals surface area contributed by atoms with E-state index in [4.69, 9.17) is 5.26 Å². The highest BCUT2D eigenvalue weighted by Gasteiger charge is 2.46. The molecule has 1 atom stereocenters. The van der Waals surface area contributed by atoms with E-state index in [1.54, 1.807) is 0 Å². The van der Waals surface area contributed by atoms with Gasteiger partial charge in [-0.05, 0) is 5.56 Å². The van der Waals surface area contributed by atoms with E-state index in [1.165, 1.54) is 0 Å². The van der Waals surface area contributed by atoms with Gasteiger partial charge in [0.05, 0.1) is 6.07 Å². The van der Waals surface area contributed by atoms with Gasteiger partial charge in [0, 0.05) is 30.8 Å². The number of hydrogen-bond donors (Lipinski definition) is 0. The van der Waals surface area contributed by atoms with Crippen LogP contribution in [0.2, 0.25) is 0 Å². The molecule has 1 aromatic carbocycles. The standard InChI is InChI=1S/C15H18N2O/c1-15(2)13(8-9-16)11-17(14(15)18)10-12-6-4-3-5-7-12/h3-7,13H,8,10-11H2,1-2H3/t13-/m0/s1. The van der Waals surface area contributed by atoms with Crippen molar-refractivity contribution in [2.75, 3.05) is 6.54 Å². The quantitative estimate of drug-likeness (QED) is 0.817. The summed E-state index contributed by atoms with van der Waals surface area (Å²) in [5, 5.41) is 8.84. The molecule has 0 bridgehead atoms. The molecule has 1 aromatic rings. The molecule has 3 nitrogen and oxygen atoms in total. The van der Waals surface area contributed by atoms with E-state index in [9.17, 15) is 4.79 Å². The molecule has 1 heterocycles. The van der Waals surface area contributed by atoms with Crippen LogP contribution in [0.1, 0.15) is 25.8 Å². The molecule has 1 aliphatic rings. The van der Waals surface area contributed by atoms with Crippen LogP contribution in [0.5, 0.6) is 0 Å². The molecular weight excluding hydrogens is 224 g/mol. The minimum atomic E-state index is -0.412. The molecule has 0 spiro atoms. The van der Waals surface area contributed by atoms with E-state index in [0.717, 1.165) is 5.56 Å². The second-order valence-corrected chi connectivity index (χ2v) is 5.45. The van der Waals surface area contributed by atoms with Gasteiger partial charge in [-0.15, -0.1) is 0 Å². The van der Waals surface area contributed by atoms with Crippen LogP contribution < -0.4 is 0 Å². The van der Waals surface area contributed by atoms with Crippen molar-refractivity contribution >= 4 is 5.91 Å². The molecule has 0 N–H and O–H groups in total. The van der Waals surface area contributed by atoms with Gasteiger partial charge in [0.25, 0.3) is 0 Å². The van der Waals surface area contributed by atoms with E-state index >= 15 is 0 Å². The van der Waals surface area contributed by atoms with Crippen LogP contribution in [-0.4, -0.2) is 17.4 Å². The zero-order valence-electron chi connectivity index (χ0n) is 10.9. The van der Waals surface area contributed by atoms with Crippen molar-refractivity contribution in [2.45, 2.75) is 26.8 Å². The predicted octanol–water partition coefficient (Wildman–Crippen LogP) is 2.58. The molecule has 1 amide bonds. The van der Waals surface area contributed by atoms with Crippen LogP contribution in [0.25, 0.3) is 0 Å². The minimum absolute atomic E-state index is 0.138. The van der Waals surface area contributed by atoms with E-state index in [2.05, 4.69) is 6.07 Å². The molecule has 1 saturated heterocycles. The van der Waals surface area contributed by atoms with Crippen LogP contribution in [0, 0.1) is 22.7 Å². The van der Waals surface area contributed by atoms with Crippen LogP contribution in [0.15, 0.2) is 30.3 Å². The van der Waals surface area contributed by atoms with Crippen LogP contribution >= 0.6 is 0 Å². The Morgan fingerprint density at radius 2 is 2.06 bits per heavy atom. The lowest BCUT2D eigenvalue weighted by atomic mass is 9.80. The summed E-state index contributed by atoms with van der Waals surface area (Å²) in [5.74, 6) is 0.297. The fraction of sp³-hybridized carbons (Fsp3) is 0.467. The summed E-state index contributed by atoms with van der Waals surface area (Å²) in [5.41, 5.74) is 0.726. The van der Waals surface area contributed by atoms with Gasteiger partial charge in [0.1, 0.15) is 0 Å². The molecule has 2 rings (SSSR count). The monoisotopic (exact) mass is 242 g/mol. The third kappa shape index (κ3) is 2.24. The van der Waals surface area contributed by atoms with Crippen molar-refractivity contribution in [3.05, 3.63) is 35.9 Å². The topological polar surface area (TPSA) is 44.1 Å². The second-order valence-electron chi connectivity index (χ2n) is 5.45. The summed E-state index contributed by atoms with van der Waals surface area (Å²) >= 11 is 0. The lowest BCUT2D eigenvalue weighted by Gasteiger charge is -2.21. The van der Waals surface area contributed by atoms with Crippen molar-refractivity contribution in [3.8, 4) is 6.07 Å². The van der Waals surface area contributed by atoms with Gasteiger partial charge in [-0.3, -0.25) is 4.79 Å². The van der Waals surface area contributed by atoms with Gasteiger partial charge in [-0.25, -0.2) is 0 Å². The smallest absolute Gasteiger partial charge is 0.228 e. The van der Waals surface area contributed by atoms with Gasteiger partial charge in [-0.1, -0.05) is 44.2 Å². The molecule has 3 heteroatoms. The lowest BCUT2D eigenvalue weighted by molar-refractivity contribution is -0.135. The summed E-state index contributed by atoms with van der Waals surface area (Å²) in [6.45, 7) is 5.23. The average molecular weight is 242 g/mol. The van der Waals surface area contributed by atoms with Crippen molar-refractivity contribution in [3.63, 3.8) is 0 Å². The Kier molecular flexibility index (Phi) is 3.38. The molecular formula is C15H18N2O. The first-order valence-electron chi connectivity index (χ1n) is 6.26. The second kappa shape index (κ2) is 4.81. The average Bonchev–Trinajstić information content (AvgIpc) is 2.56. The first-order chi connectivity index (χ1) is 8.55. The van der Waals surface area contributed by atoms with E-state index in [1.807, 2.05) is 49.1 Å². The molecule has 1 fully saturated rings. The fourth-order valence-corrected chi connectivity index (χ4v) is 2.53. The lowest BCUT2D eigenvalue weighted by Crippen LogP contribution is -2.31. The zero-order chi connectivity index (χ0) is 13.2. The van der Waals surface area contributed by atoms with Gasteiger partial charge in [0.2, 0.25) is 5.91 Å². The molecule has 94 valence electrons.